The van der Waals surface area contributed by atoms with E-state index in [1.165, 1.54) is 0 Å². The highest BCUT2D eigenvalue weighted by molar-refractivity contribution is 6.34. The minimum Gasteiger partial charge on any atom is -0.387 e. The summed E-state index contributed by atoms with van der Waals surface area (Å²) in [7, 11) is 0. The first-order valence-corrected chi connectivity index (χ1v) is 9.90. The van der Waals surface area contributed by atoms with Crippen molar-refractivity contribution in [1.82, 2.24) is 25.2 Å². The molecule has 2 heterocycles. The standard InChI is InChI=1S/C20H22Cl2N6O/c1-2-24-20(27-12-18(29)15-8-16(21)10-17(22)9-15)26-11-14-3-4-25-19(7-14)28-6-5-23-13-28/h3-10,13,18,29H,2,11-12H2,1H3,(H2,24,26,27). The van der Waals surface area contributed by atoms with E-state index < -0.39 is 6.10 Å². The fourth-order valence-corrected chi connectivity index (χ4v) is 3.23. The number of imidazole rings is 1. The number of nitrogens with zero attached hydrogens (tertiary/aromatic N) is 4. The summed E-state index contributed by atoms with van der Waals surface area (Å²) in [5.41, 5.74) is 1.65. The number of aliphatic hydroxyl groups is 1. The number of hydrogen-bond acceptors (Lipinski definition) is 4. The van der Waals surface area contributed by atoms with Crippen LogP contribution in [0, 0.1) is 0 Å². The van der Waals surface area contributed by atoms with Crippen molar-refractivity contribution in [2.45, 2.75) is 19.6 Å². The first-order chi connectivity index (χ1) is 14.0. The Labute approximate surface area is 179 Å². The summed E-state index contributed by atoms with van der Waals surface area (Å²) in [5, 5.41) is 17.7. The van der Waals surface area contributed by atoms with E-state index in [9.17, 15) is 5.11 Å². The Bertz CT molecular complexity index is 941. The van der Waals surface area contributed by atoms with Crippen molar-refractivity contribution in [1.29, 1.82) is 0 Å². The summed E-state index contributed by atoms with van der Waals surface area (Å²) >= 11 is 12.0. The fourth-order valence-electron chi connectivity index (χ4n) is 2.69. The topological polar surface area (TPSA) is 87.4 Å². The van der Waals surface area contributed by atoms with Crippen molar-refractivity contribution < 1.29 is 5.11 Å². The average molecular weight is 433 g/mol. The molecule has 0 radical (unpaired) electrons. The number of halogens is 2. The molecule has 3 aromatic rings. The van der Waals surface area contributed by atoms with Crippen LogP contribution in [0.25, 0.3) is 5.82 Å². The molecule has 1 aromatic carbocycles. The molecule has 0 aliphatic carbocycles. The van der Waals surface area contributed by atoms with Gasteiger partial charge in [0.2, 0.25) is 0 Å². The SMILES string of the molecule is CCNC(=NCc1ccnc(-n2ccnc2)c1)NCC(O)c1cc(Cl)cc(Cl)c1. The van der Waals surface area contributed by atoms with Crippen LogP contribution in [-0.2, 0) is 6.54 Å². The van der Waals surface area contributed by atoms with Gasteiger partial charge in [0.15, 0.2) is 5.96 Å². The van der Waals surface area contributed by atoms with Crippen LogP contribution in [0.1, 0.15) is 24.2 Å². The van der Waals surface area contributed by atoms with E-state index in [4.69, 9.17) is 23.2 Å². The van der Waals surface area contributed by atoms with E-state index >= 15 is 0 Å². The molecule has 152 valence electrons. The van der Waals surface area contributed by atoms with E-state index in [1.54, 1.807) is 36.9 Å². The van der Waals surface area contributed by atoms with Gasteiger partial charge < -0.3 is 15.7 Å². The van der Waals surface area contributed by atoms with Crippen molar-refractivity contribution in [3.05, 3.63) is 76.4 Å². The number of rotatable bonds is 7. The number of aliphatic imine (C=N–C) groups is 1. The number of benzene rings is 1. The third-order valence-corrected chi connectivity index (χ3v) is 4.51. The molecule has 0 spiro atoms. The predicted molar refractivity (Wildman–Crippen MR) is 116 cm³/mol. The van der Waals surface area contributed by atoms with Gasteiger partial charge in [0.1, 0.15) is 12.1 Å². The van der Waals surface area contributed by atoms with Gasteiger partial charge >= 0.3 is 0 Å². The van der Waals surface area contributed by atoms with E-state index in [2.05, 4.69) is 25.6 Å². The highest BCUT2D eigenvalue weighted by Crippen LogP contribution is 2.23. The molecule has 0 saturated carbocycles. The number of pyridine rings is 1. The van der Waals surface area contributed by atoms with Gasteiger partial charge in [-0.2, -0.15) is 0 Å². The molecule has 0 bridgehead atoms. The lowest BCUT2D eigenvalue weighted by Crippen LogP contribution is -2.39. The van der Waals surface area contributed by atoms with Crippen LogP contribution in [-0.4, -0.2) is 38.7 Å². The summed E-state index contributed by atoms with van der Waals surface area (Å²) in [6, 6.07) is 8.88. The molecule has 9 heteroatoms. The minimum absolute atomic E-state index is 0.263. The van der Waals surface area contributed by atoms with Crippen LogP contribution >= 0.6 is 23.2 Å². The van der Waals surface area contributed by atoms with Gasteiger partial charge in [-0.1, -0.05) is 23.2 Å². The fraction of sp³-hybridized carbons (Fsp3) is 0.250. The predicted octanol–water partition coefficient (Wildman–Crippen LogP) is 3.36. The number of nitrogens with one attached hydrogen (secondary N) is 2. The number of hydrogen-bond donors (Lipinski definition) is 3. The van der Waals surface area contributed by atoms with E-state index in [0.717, 1.165) is 11.4 Å². The summed E-state index contributed by atoms with van der Waals surface area (Å²) in [6.07, 6.45) is 6.21. The normalized spacial score (nSPS) is 12.6. The monoisotopic (exact) mass is 432 g/mol. The highest BCUT2D eigenvalue weighted by atomic mass is 35.5. The number of guanidine groups is 1. The average Bonchev–Trinajstić information content (AvgIpc) is 3.24. The van der Waals surface area contributed by atoms with E-state index in [1.807, 2.05) is 29.8 Å². The van der Waals surface area contributed by atoms with E-state index in [0.29, 0.717) is 34.7 Å². The van der Waals surface area contributed by atoms with Crippen molar-refractivity contribution in [3.8, 4) is 5.82 Å². The van der Waals surface area contributed by atoms with Crippen LogP contribution in [0.2, 0.25) is 10.0 Å². The largest absolute Gasteiger partial charge is 0.387 e. The van der Waals surface area contributed by atoms with Crippen molar-refractivity contribution >= 4 is 29.2 Å². The summed E-state index contributed by atoms with van der Waals surface area (Å²) < 4.78 is 1.84. The first-order valence-electron chi connectivity index (χ1n) is 9.14. The quantitative estimate of drug-likeness (QED) is 0.393. The van der Waals surface area contributed by atoms with Crippen molar-refractivity contribution in [3.63, 3.8) is 0 Å². The molecule has 7 nitrogen and oxygen atoms in total. The first kappa shape index (κ1) is 21.1. The third kappa shape index (κ3) is 6.19. The second-order valence-corrected chi connectivity index (χ2v) is 7.16. The zero-order valence-corrected chi connectivity index (χ0v) is 17.4. The zero-order valence-electron chi connectivity index (χ0n) is 15.9. The van der Waals surface area contributed by atoms with Crippen LogP contribution in [0.5, 0.6) is 0 Å². The minimum atomic E-state index is -0.774. The molecular weight excluding hydrogens is 411 g/mol. The zero-order chi connectivity index (χ0) is 20.6. The molecule has 0 saturated heterocycles. The van der Waals surface area contributed by atoms with Gasteiger partial charge in [-0.05, 0) is 48.4 Å². The van der Waals surface area contributed by atoms with Gasteiger partial charge in [-0.25, -0.2) is 15.0 Å². The number of aliphatic hydroxyl groups excluding tert-OH is 1. The Morgan fingerprint density at radius 2 is 1.97 bits per heavy atom. The maximum absolute atomic E-state index is 10.4. The second-order valence-electron chi connectivity index (χ2n) is 6.29. The number of aromatic nitrogens is 3. The Balaban J connectivity index is 1.65. The maximum Gasteiger partial charge on any atom is 0.191 e. The van der Waals surface area contributed by atoms with Crippen molar-refractivity contribution in [2.24, 2.45) is 4.99 Å². The second kappa shape index (κ2) is 10.2. The molecular formula is C20H22Cl2N6O. The Morgan fingerprint density at radius 3 is 2.66 bits per heavy atom. The molecule has 0 aliphatic heterocycles. The van der Waals surface area contributed by atoms with Crippen LogP contribution in [0.4, 0.5) is 0 Å². The lowest BCUT2D eigenvalue weighted by atomic mass is 10.1. The summed E-state index contributed by atoms with van der Waals surface area (Å²) in [5.74, 6) is 1.38. The third-order valence-electron chi connectivity index (χ3n) is 4.08. The Morgan fingerprint density at radius 1 is 1.17 bits per heavy atom. The van der Waals surface area contributed by atoms with Crippen LogP contribution in [0.3, 0.4) is 0 Å². The molecule has 1 unspecified atom stereocenters. The molecule has 3 N–H and O–H groups in total. The lowest BCUT2D eigenvalue weighted by Gasteiger charge is -2.16. The van der Waals surface area contributed by atoms with Gasteiger partial charge in [0.05, 0.1) is 12.6 Å². The maximum atomic E-state index is 10.4. The summed E-state index contributed by atoms with van der Waals surface area (Å²) in [6.45, 7) is 3.40. The molecule has 0 fully saturated rings. The molecule has 0 aliphatic rings. The molecule has 1 atom stereocenters. The van der Waals surface area contributed by atoms with Gasteiger partial charge in [-0.15, -0.1) is 0 Å². The Hall–Kier alpha value is -2.61. The van der Waals surface area contributed by atoms with Gasteiger partial charge in [0, 0.05) is 41.7 Å². The molecule has 3 rings (SSSR count). The van der Waals surface area contributed by atoms with Gasteiger partial charge in [-0.3, -0.25) is 4.57 Å². The van der Waals surface area contributed by atoms with Crippen molar-refractivity contribution in [2.75, 3.05) is 13.1 Å². The lowest BCUT2D eigenvalue weighted by molar-refractivity contribution is 0.181. The smallest absolute Gasteiger partial charge is 0.191 e. The highest BCUT2D eigenvalue weighted by Gasteiger charge is 2.10. The molecule has 29 heavy (non-hydrogen) atoms. The summed E-state index contributed by atoms with van der Waals surface area (Å²) in [4.78, 5) is 13.0. The van der Waals surface area contributed by atoms with Gasteiger partial charge in [0.25, 0.3) is 0 Å². The van der Waals surface area contributed by atoms with Crippen LogP contribution < -0.4 is 10.6 Å². The Kier molecular flexibility index (Phi) is 7.46. The molecule has 2 aromatic heterocycles. The molecule has 0 amide bonds. The van der Waals surface area contributed by atoms with E-state index in [-0.39, 0.29) is 6.54 Å². The van der Waals surface area contributed by atoms with Crippen LogP contribution in [0.15, 0.2) is 60.2 Å².